The molecule has 9 rings (SSSR count). The van der Waals surface area contributed by atoms with Crippen LogP contribution >= 0.6 is 88.1 Å². The minimum absolute atomic E-state index is 0. The van der Waals surface area contributed by atoms with Crippen LogP contribution < -0.4 is 27.7 Å². The molecule has 0 bridgehead atoms. The number of nitriles is 1. The molecule has 0 aliphatic carbocycles. The van der Waals surface area contributed by atoms with Crippen molar-refractivity contribution in [2.75, 3.05) is 44.2 Å². The predicted octanol–water partition coefficient (Wildman–Crippen LogP) is 12.7. The van der Waals surface area contributed by atoms with Crippen LogP contribution in [0.25, 0.3) is 0 Å². The maximum absolute atomic E-state index is 11.3. The molecule has 6 aliphatic heterocycles. The zero-order chi connectivity index (χ0) is 59.4. The number of carbonyl (C=O) groups excluding carboxylic acids is 1. The van der Waals surface area contributed by atoms with E-state index >= 15 is 0 Å². The number of nitrogens with two attached hydrogens (primary N) is 1. The third-order valence-corrected chi connectivity index (χ3v) is 11.3. The van der Waals surface area contributed by atoms with Gasteiger partial charge in [-0.25, -0.2) is 30.2 Å². The summed E-state index contributed by atoms with van der Waals surface area (Å²) in [6, 6.07) is 0. The minimum atomic E-state index is -3.22. The van der Waals surface area contributed by atoms with Crippen molar-refractivity contribution in [2.24, 2.45) is 11.7 Å². The molecule has 9 heterocycles. The van der Waals surface area contributed by atoms with Gasteiger partial charge in [-0.3, -0.25) is 38.2 Å². The van der Waals surface area contributed by atoms with Crippen molar-refractivity contribution in [2.45, 2.75) is 176 Å². The Morgan fingerprint density at radius 3 is 1.35 bits per heavy atom. The van der Waals surface area contributed by atoms with Gasteiger partial charge in [-0.2, -0.15) is 0 Å². The van der Waals surface area contributed by atoms with Crippen molar-refractivity contribution >= 4 is 106 Å². The number of ketones is 1. The number of hydrogen-bond acceptors (Lipinski definition) is 17. The van der Waals surface area contributed by atoms with Crippen molar-refractivity contribution in [1.29, 1.82) is 10.7 Å². The van der Waals surface area contributed by atoms with Gasteiger partial charge in [0.1, 0.15) is 28.4 Å². The monoisotopic (exact) mass is 1320 g/mol. The van der Waals surface area contributed by atoms with E-state index in [1.165, 1.54) is 55.8 Å². The third-order valence-electron chi connectivity index (χ3n) is 9.48. The van der Waals surface area contributed by atoms with Gasteiger partial charge in [-0.15, -0.1) is 0 Å². The molecule has 0 spiro atoms. The largest absolute Gasteiger partial charge is 0.390 e. The van der Waals surface area contributed by atoms with Gasteiger partial charge < -0.3 is 27.1 Å². The number of rotatable bonds is 1. The second-order valence-electron chi connectivity index (χ2n) is 14.8. The molecule has 458 valence electrons. The average molecular weight is 1330 g/mol. The number of aromatic amines is 1. The van der Waals surface area contributed by atoms with E-state index in [4.69, 9.17) is 22.3 Å². The maximum Gasteiger partial charge on any atom is 0.339 e. The summed E-state index contributed by atoms with van der Waals surface area (Å²) in [6.07, 6.45) is 6.12. The van der Waals surface area contributed by atoms with Gasteiger partial charge >= 0.3 is 5.20 Å². The van der Waals surface area contributed by atoms with Crippen molar-refractivity contribution in [3.63, 3.8) is 0 Å². The number of H-pyrrole nitrogens is 1. The second kappa shape index (κ2) is 59.6. The quantitative estimate of drug-likeness (QED) is 0.0656. The van der Waals surface area contributed by atoms with Gasteiger partial charge in [0.05, 0.1) is 35.5 Å². The Bertz CT molecular complexity index is 2090. The van der Waals surface area contributed by atoms with Crippen LogP contribution in [0.4, 0.5) is 5.82 Å². The second-order valence-corrected chi connectivity index (χ2v) is 24.7. The van der Waals surface area contributed by atoms with Gasteiger partial charge in [0.15, 0.2) is 5.78 Å². The number of anilines is 1. The van der Waals surface area contributed by atoms with E-state index in [-0.39, 0.29) is 93.1 Å². The van der Waals surface area contributed by atoms with E-state index in [0.717, 1.165) is 92.9 Å². The van der Waals surface area contributed by atoms with E-state index < -0.39 is 5.20 Å². The van der Waals surface area contributed by atoms with Crippen LogP contribution in [-0.2, 0) is 48.6 Å². The molecule has 78 heavy (non-hydrogen) atoms. The van der Waals surface area contributed by atoms with Crippen molar-refractivity contribution in [3.05, 3.63) is 66.8 Å². The first kappa shape index (κ1) is 95.2. The predicted molar refractivity (Wildman–Crippen MR) is 342 cm³/mol. The normalized spacial score (nSPS) is 15.5. The molecular weight excluding hydrogens is 1230 g/mol. The van der Waals surface area contributed by atoms with Crippen LogP contribution in [0, 0.1) is 119 Å². The number of nitrogens with one attached hydrogen (secondary N) is 3. The summed E-state index contributed by atoms with van der Waals surface area (Å²) in [6.45, 7) is 46.5. The fraction of sp³-hybridized carbons (Fsp3) is 0.688. The number of aryl methyl sites for hydroxylation is 3. The standard InChI is InChI=1S/C11H17N4P.C7H9ClN3P.C7H10N3OP.C5H10NOP.C4H9N.6C2H6.CH4N2.CHN.2Ar.Cl3OP.H3N/c1-8-12-10-7-15(16)6-9(10)11(13-8)14-4-2-3-5-14;1-4-9-6-3-11(12)2-5(6)7(8)10-4;1-4-8-6-3-10(12)2-5(6)7(11)9-4;1-4-2-6(8)3-5(4)7;1-2-4-5-3-1;6*1-2;2-1-3;1-2;;;1-5(2,3)4;/h2-7,16H2,1H3;2-3,12H2,1H3;2-3,12H2,1H3,(H,8,9,11);4H,2-3,8H2,1H3;5H,1-4H2;6*1-2H3;1H,(H3,2,3);1H;;;;1H3. The number of hydrogen-bond donors (Lipinski definition) is 5. The number of carbonyl (C=O) groups is 1. The van der Waals surface area contributed by atoms with Gasteiger partial charge in [-0.1, -0.05) is 139 Å². The molecule has 3 aromatic rings. The summed E-state index contributed by atoms with van der Waals surface area (Å²) >= 11 is 19.8. The first-order valence-electron chi connectivity index (χ1n) is 25.8. The van der Waals surface area contributed by atoms with Crippen LogP contribution in [0.2, 0.25) is 5.15 Å². The first-order valence-corrected chi connectivity index (χ1v) is 32.6. The summed E-state index contributed by atoms with van der Waals surface area (Å²) in [4.78, 5) is 49.0. The molecule has 3 aromatic heterocycles. The van der Waals surface area contributed by atoms with Crippen LogP contribution in [0.15, 0.2) is 4.79 Å². The molecular formula is C48H99Ar2Cl4N16O3P5. The summed E-state index contributed by atoms with van der Waals surface area (Å²) < 4.78 is 17.8. The minimum Gasteiger partial charge on any atom is -0.390 e. The molecule has 0 saturated carbocycles. The Morgan fingerprint density at radius 2 is 1.00 bits per heavy atom. The summed E-state index contributed by atoms with van der Waals surface area (Å²) in [5.41, 5.74) is 10.8. The smallest absolute Gasteiger partial charge is 0.339 e. The van der Waals surface area contributed by atoms with E-state index in [0.29, 0.717) is 29.9 Å². The number of fused-ring (bicyclic) bond motifs is 3. The Balaban J connectivity index is -0.000000121. The molecule has 30 heteroatoms. The number of Topliss-reactive ketones (excluding diaryl/α,β-unsaturated/α-hetero) is 1. The van der Waals surface area contributed by atoms with Gasteiger partial charge in [-0.05, 0) is 93.3 Å². The summed E-state index contributed by atoms with van der Waals surface area (Å²) in [5.74, 6) is 4.15. The van der Waals surface area contributed by atoms with Crippen LogP contribution in [0.3, 0.4) is 0 Å². The SMILES string of the molecule is C#N.C1CCNC1.CC.CC.CC.CC.CC.CC.CC1CN(P)CC1=O.Cc1nc(Cl)c2c(n1)CN(P)C2.Cc1nc2c(c(=O)[nH]1)CN(P)C2.Cc1nc2c(c(N3CCCC3)n1)CN(P)C2.N.N=CN.O=P(Cl)(Cl)Cl.[Ar].[Ar]. The van der Waals surface area contributed by atoms with Crippen LogP contribution in [-0.4, -0.2) is 100.0 Å². The maximum atomic E-state index is 11.3. The van der Waals surface area contributed by atoms with Gasteiger partial charge in [0.25, 0.3) is 5.56 Å². The Labute approximate surface area is 560 Å². The molecule has 6 aliphatic rings. The Hall–Kier alpha value is 0.859. The van der Waals surface area contributed by atoms with E-state index in [1.807, 2.05) is 113 Å². The number of halogens is 4. The van der Waals surface area contributed by atoms with E-state index in [9.17, 15) is 14.2 Å². The zero-order valence-electron chi connectivity index (χ0n) is 49.4. The third kappa shape index (κ3) is 43.5. The molecule has 3 fully saturated rings. The molecule has 0 radical (unpaired) electrons. The van der Waals surface area contributed by atoms with E-state index in [1.54, 1.807) is 6.92 Å². The average Bonchev–Trinajstić information content (AvgIpc) is 4.27. The fourth-order valence-electron chi connectivity index (χ4n) is 6.84. The van der Waals surface area contributed by atoms with Crippen LogP contribution in [0.5, 0.6) is 0 Å². The van der Waals surface area contributed by atoms with Gasteiger partial charge in [0.2, 0.25) is 0 Å². The van der Waals surface area contributed by atoms with Crippen molar-refractivity contribution in [1.82, 2.24) is 60.1 Å². The molecule has 5 unspecified atom stereocenters. The van der Waals surface area contributed by atoms with E-state index in [2.05, 4.69) is 133 Å². The molecule has 19 nitrogen and oxygen atoms in total. The van der Waals surface area contributed by atoms with Crippen LogP contribution in [0.1, 0.15) is 167 Å². The molecule has 5 atom stereocenters. The first-order chi connectivity index (χ1) is 35.7. The Morgan fingerprint density at radius 1 is 0.641 bits per heavy atom. The van der Waals surface area contributed by atoms with Crippen molar-refractivity contribution in [3.8, 4) is 6.57 Å². The number of nitrogens with zero attached hydrogens (tertiary/aromatic N) is 11. The summed E-state index contributed by atoms with van der Waals surface area (Å²) in [7, 11) is 10.5. The fourth-order valence-corrected chi connectivity index (χ4v) is 8.69. The summed E-state index contributed by atoms with van der Waals surface area (Å²) in [5, 5.41) is 13.0. The molecule has 3 saturated heterocycles. The molecule has 0 amide bonds. The topological polar surface area (TPSA) is 268 Å². The van der Waals surface area contributed by atoms with Gasteiger partial charge in [0, 0.05) is 158 Å². The zero-order valence-corrected chi connectivity index (χ0v) is 59.4. The molecule has 0 aromatic carbocycles. The number of aromatic nitrogens is 6. The Kier molecular flexibility index (Phi) is 72.7. The van der Waals surface area contributed by atoms with Crippen molar-refractivity contribution < 1.29 is 84.8 Å². The molecule has 8 N–H and O–H groups in total.